The molecule has 2 aromatic rings. The number of aromatic hydroxyl groups is 1. The fraction of sp³-hybridized carbons (Fsp3) is 0.462. The summed E-state index contributed by atoms with van der Waals surface area (Å²) in [5, 5.41) is 21.6. The lowest BCUT2D eigenvalue weighted by atomic mass is 9.70. The number of anilines is 1. The zero-order valence-corrected chi connectivity index (χ0v) is 21.0. The molecular weight excluding hydrogens is 477 g/mol. The van der Waals surface area contributed by atoms with Crippen molar-refractivity contribution < 1.29 is 24.6 Å². The number of ether oxygens (including phenoxy) is 1. The first-order valence-corrected chi connectivity index (χ1v) is 12.2. The number of hydrogen-bond donors (Lipinski definition) is 2. The molecule has 1 amide bonds. The Morgan fingerprint density at radius 1 is 1.18 bits per heavy atom. The topological polar surface area (TPSA) is 87.1 Å². The van der Waals surface area contributed by atoms with Gasteiger partial charge in [0.05, 0.1) is 16.3 Å². The maximum Gasteiger partial charge on any atom is 0.340 e. The predicted octanol–water partition coefficient (Wildman–Crippen LogP) is 6.43. The summed E-state index contributed by atoms with van der Waals surface area (Å²) in [6.07, 6.45) is 2.73. The maximum atomic E-state index is 13.1. The second-order valence-electron chi connectivity index (χ2n) is 10.1. The van der Waals surface area contributed by atoms with Gasteiger partial charge >= 0.3 is 5.97 Å². The number of nitrogens with zero attached hydrogens (tertiary/aromatic N) is 1. The van der Waals surface area contributed by atoms with Crippen molar-refractivity contribution >= 4 is 40.8 Å². The zero-order chi connectivity index (χ0) is 24.8. The number of phenolic OH excluding ortho intramolecular Hbond substituents is 1. The van der Waals surface area contributed by atoms with Crippen molar-refractivity contribution in [3.8, 4) is 5.75 Å². The Morgan fingerprint density at radius 3 is 2.53 bits per heavy atom. The van der Waals surface area contributed by atoms with Gasteiger partial charge in [0.1, 0.15) is 11.9 Å². The molecule has 34 heavy (non-hydrogen) atoms. The van der Waals surface area contributed by atoms with E-state index in [0.717, 1.165) is 19.3 Å². The van der Waals surface area contributed by atoms with Crippen molar-refractivity contribution in [1.82, 2.24) is 0 Å². The molecular formula is C26H29Cl2NO5. The Bertz CT molecular complexity index is 1130. The monoisotopic (exact) mass is 505 g/mol. The molecule has 4 rings (SSSR count). The van der Waals surface area contributed by atoms with Gasteiger partial charge in [-0.3, -0.25) is 10.0 Å². The van der Waals surface area contributed by atoms with Crippen molar-refractivity contribution in [2.24, 2.45) is 16.7 Å². The summed E-state index contributed by atoms with van der Waals surface area (Å²) >= 11 is 11.9. The second kappa shape index (κ2) is 9.06. The number of aryl methyl sites for hydroxylation is 1. The number of hydrogen-bond acceptors (Lipinski definition) is 5. The van der Waals surface area contributed by atoms with Crippen LogP contribution in [0.15, 0.2) is 36.4 Å². The summed E-state index contributed by atoms with van der Waals surface area (Å²) in [6.45, 7) is 6.67. The van der Waals surface area contributed by atoms with E-state index in [0.29, 0.717) is 21.6 Å². The molecule has 0 saturated heterocycles. The average molecular weight is 506 g/mol. The molecule has 0 aliphatic heterocycles. The van der Waals surface area contributed by atoms with Crippen LogP contribution < -0.4 is 5.06 Å². The van der Waals surface area contributed by atoms with Gasteiger partial charge < -0.3 is 9.84 Å². The first-order valence-electron chi connectivity index (χ1n) is 11.4. The minimum Gasteiger partial charge on any atom is -0.506 e. The number of benzene rings is 2. The molecule has 2 aromatic carbocycles. The third kappa shape index (κ3) is 4.16. The largest absolute Gasteiger partial charge is 0.506 e. The van der Waals surface area contributed by atoms with Gasteiger partial charge in [0.15, 0.2) is 0 Å². The van der Waals surface area contributed by atoms with Gasteiger partial charge in [0, 0.05) is 16.9 Å². The minimum absolute atomic E-state index is 0.0541. The summed E-state index contributed by atoms with van der Waals surface area (Å²) in [5.41, 5.74) is 0.552. The smallest absolute Gasteiger partial charge is 0.340 e. The summed E-state index contributed by atoms with van der Waals surface area (Å²) in [7, 11) is 0. The van der Waals surface area contributed by atoms with Crippen molar-refractivity contribution in [1.29, 1.82) is 0 Å². The van der Waals surface area contributed by atoms with E-state index in [9.17, 15) is 19.9 Å². The van der Waals surface area contributed by atoms with Crippen molar-refractivity contribution in [2.45, 2.75) is 59.0 Å². The maximum absolute atomic E-state index is 13.1. The van der Waals surface area contributed by atoms with Crippen molar-refractivity contribution in [3.05, 3.63) is 57.6 Å². The van der Waals surface area contributed by atoms with Gasteiger partial charge in [-0.2, -0.15) is 5.06 Å². The lowest BCUT2D eigenvalue weighted by Gasteiger charge is -2.38. The van der Waals surface area contributed by atoms with E-state index in [-0.39, 0.29) is 51.8 Å². The van der Waals surface area contributed by atoms with Crippen LogP contribution in [-0.4, -0.2) is 28.3 Å². The average Bonchev–Trinajstić information content (AvgIpc) is 3.13. The number of esters is 1. The van der Waals surface area contributed by atoms with E-state index in [2.05, 4.69) is 20.8 Å². The van der Waals surface area contributed by atoms with Crippen LogP contribution in [0, 0.1) is 16.7 Å². The highest BCUT2D eigenvalue weighted by Crippen LogP contribution is 2.66. The van der Waals surface area contributed by atoms with Crippen LogP contribution in [-0.2, 0) is 16.0 Å². The highest BCUT2D eigenvalue weighted by Gasteiger charge is 2.62. The molecule has 2 bridgehead atoms. The molecule has 6 nitrogen and oxygen atoms in total. The normalized spacial score (nSPS) is 24.8. The molecule has 3 unspecified atom stereocenters. The Morgan fingerprint density at radius 2 is 1.88 bits per heavy atom. The van der Waals surface area contributed by atoms with Crippen LogP contribution in [0.2, 0.25) is 10.0 Å². The standard InChI is InChI=1S/C26H29Cl2NO5/c1-25(2)16-10-11-26(25,3)21(13-16)34-24(32)18-6-4-5-7-20(18)29(33)22(30)9-8-15-12-17(27)14-19(28)23(15)31/h4-7,12,14,16,21,31,33H,8-11,13H2,1-3H3. The van der Waals surface area contributed by atoms with Crippen molar-refractivity contribution in [3.63, 3.8) is 0 Å². The molecule has 0 spiro atoms. The lowest BCUT2D eigenvalue weighted by molar-refractivity contribution is -0.123. The van der Waals surface area contributed by atoms with Gasteiger partial charge in [0.25, 0.3) is 5.91 Å². The first-order chi connectivity index (χ1) is 16.0. The molecule has 3 atom stereocenters. The molecule has 2 N–H and O–H groups in total. The Hall–Kier alpha value is -2.28. The summed E-state index contributed by atoms with van der Waals surface area (Å²) in [4.78, 5) is 25.9. The van der Waals surface area contributed by atoms with E-state index >= 15 is 0 Å². The molecule has 0 radical (unpaired) electrons. The molecule has 8 heteroatoms. The molecule has 2 aliphatic carbocycles. The fourth-order valence-electron chi connectivity index (χ4n) is 5.62. The Kier molecular flexibility index (Phi) is 6.62. The number of phenols is 1. The van der Waals surface area contributed by atoms with E-state index in [4.69, 9.17) is 27.9 Å². The molecule has 0 aromatic heterocycles. The van der Waals surface area contributed by atoms with Gasteiger partial charge in [-0.15, -0.1) is 0 Å². The predicted molar refractivity (Wildman–Crippen MR) is 131 cm³/mol. The lowest BCUT2D eigenvalue weighted by Crippen LogP contribution is -2.38. The molecule has 182 valence electrons. The Balaban J connectivity index is 1.48. The van der Waals surface area contributed by atoms with E-state index in [1.807, 2.05) is 0 Å². The molecule has 2 aliphatic rings. The highest BCUT2D eigenvalue weighted by molar-refractivity contribution is 6.35. The van der Waals surface area contributed by atoms with Crippen LogP contribution in [0.5, 0.6) is 5.75 Å². The number of amides is 1. The summed E-state index contributed by atoms with van der Waals surface area (Å²) in [6, 6.07) is 9.25. The summed E-state index contributed by atoms with van der Waals surface area (Å²) in [5.74, 6) is -0.854. The number of hydroxylamine groups is 1. The first kappa shape index (κ1) is 24.8. The number of para-hydroxylation sites is 1. The second-order valence-corrected chi connectivity index (χ2v) is 11.0. The van der Waals surface area contributed by atoms with Gasteiger partial charge in [-0.25, -0.2) is 4.79 Å². The van der Waals surface area contributed by atoms with Gasteiger partial charge in [-0.05, 0) is 66.8 Å². The van der Waals surface area contributed by atoms with E-state index in [1.54, 1.807) is 12.1 Å². The van der Waals surface area contributed by atoms with Crippen LogP contribution in [0.3, 0.4) is 0 Å². The van der Waals surface area contributed by atoms with Gasteiger partial charge in [-0.1, -0.05) is 56.1 Å². The van der Waals surface area contributed by atoms with Crippen LogP contribution in [0.4, 0.5) is 5.69 Å². The number of carbonyl (C=O) groups excluding carboxylic acids is 2. The van der Waals surface area contributed by atoms with Crippen LogP contribution in [0.25, 0.3) is 0 Å². The van der Waals surface area contributed by atoms with E-state index < -0.39 is 11.9 Å². The number of halogens is 2. The molecule has 0 heterocycles. The summed E-state index contributed by atoms with van der Waals surface area (Å²) < 4.78 is 5.96. The third-order valence-electron chi connectivity index (χ3n) is 8.27. The third-order valence-corrected chi connectivity index (χ3v) is 8.77. The highest BCUT2D eigenvalue weighted by atomic mass is 35.5. The Labute approximate surface area is 209 Å². The number of carbonyl (C=O) groups is 2. The molecule has 2 fully saturated rings. The quantitative estimate of drug-likeness (QED) is 0.268. The number of rotatable bonds is 6. The number of fused-ring (bicyclic) bond motifs is 2. The van der Waals surface area contributed by atoms with Gasteiger partial charge in [0.2, 0.25) is 0 Å². The SMILES string of the molecule is CC1(C)C2CCC1(C)C(OC(=O)c1ccccc1N(O)C(=O)CCc1cc(Cl)cc(Cl)c1O)C2. The minimum atomic E-state index is -0.649. The van der Waals surface area contributed by atoms with Crippen molar-refractivity contribution in [2.75, 3.05) is 5.06 Å². The fourth-order valence-corrected chi connectivity index (χ4v) is 6.16. The zero-order valence-electron chi connectivity index (χ0n) is 19.5. The van der Waals surface area contributed by atoms with Crippen LogP contribution >= 0.6 is 23.2 Å². The van der Waals surface area contributed by atoms with Crippen LogP contribution in [0.1, 0.15) is 62.4 Å². The van der Waals surface area contributed by atoms with E-state index in [1.165, 1.54) is 24.3 Å². The molecule has 2 saturated carbocycles.